The van der Waals surface area contributed by atoms with Gasteiger partial charge in [0.1, 0.15) is 5.82 Å². The van der Waals surface area contributed by atoms with Crippen molar-refractivity contribution >= 4 is 17.7 Å². The summed E-state index contributed by atoms with van der Waals surface area (Å²) in [4.78, 5) is 28.6. The van der Waals surface area contributed by atoms with Crippen molar-refractivity contribution in [3.05, 3.63) is 11.8 Å². The highest BCUT2D eigenvalue weighted by atomic mass is 16.2. The van der Waals surface area contributed by atoms with Crippen LogP contribution in [0.1, 0.15) is 37.8 Å². The van der Waals surface area contributed by atoms with Crippen LogP contribution in [0.15, 0.2) is 6.07 Å². The second kappa shape index (κ2) is 7.26. The molecule has 1 spiro atoms. The Balaban J connectivity index is 1.43. The van der Waals surface area contributed by atoms with E-state index in [1.807, 2.05) is 14.0 Å². The van der Waals surface area contributed by atoms with Gasteiger partial charge >= 0.3 is 0 Å². The lowest BCUT2D eigenvalue weighted by molar-refractivity contribution is -0.141. The molecular weight excluding hydrogens is 340 g/mol. The predicted octanol–water partition coefficient (Wildman–Crippen LogP) is 1.74. The summed E-state index contributed by atoms with van der Waals surface area (Å²) in [6, 6.07) is 2.49. The Morgan fingerprint density at radius 1 is 1.19 bits per heavy atom. The molecule has 3 saturated heterocycles. The molecule has 1 amide bonds. The average molecular weight is 373 g/mol. The first-order valence-corrected chi connectivity index (χ1v) is 10.2. The third-order valence-electron chi connectivity index (χ3n) is 6.71. The zero-order chi connectivity index (χ0) is 19.0. The van der Waals surface area contributed by atoms with Crippen LogP contribution >= 0.6 is 0 Å². The number of anilines is 2. The van der Waals surface area contributed by atoms with Gasteiger partial charge in [-0.15, -0.1) is 0 Å². The Hall–Kier alpha value is -1.89. The van der Waals surface area contributed by atoms with Gasteiger partial charge in [0.25, 0.3) is 0 Å². The molecule has 7 heteroatoms. The smallest absolute Gasteiger partial charge is 0.224 e. The van der Waals surface area contributed by atoms with Gasteiger partial charge in [-0.05, 0) is 51.6 Å². The number of carbonyl (C=O) groups excluding carboxylic acids is 1. The summed E-state index contributed by atoms with van der Waals surface area (Å²) in [6.07, 6.45) is 5.16. The highest BCUT2D eigenvalue weighted by Gasteiger charge is 2.43. The summed E-state index contributed by atoms with van der Waals surface area (Å²) in [5.41, 5.74) is 1.28. The van der Waals surface area contributed by atoms with Gasteiger partial charge in [-0.25, -0.2) is 4.98 Å². The molecule has 7 nitrogen and oxygen atoms in total. The van der Waals surface area contributed by atoms with Crippen molar-refractivity contribution in [2.75, 3.05) is 57.0 Å². The van der Waals surface area contributed by atoms with E-state index in [2.05, 4.69) is 43.1 Å². The highest BCUT2D eigenvalue weighted by Crippen LogP contribution is 2.42. The third kappa shape index (κ3) is 3.74. The van der Waals surface area contributed by atoms with Crippen LogP contribution in [0.2, 0.25) is 0 Å². The molecule has 3 aliphatic rings. The van der Waals surface area contributed by atoms with Crippen molar-refractivity contribution in [3.8, 4) is 0 Å². The number of aromatic nitrogens is 2. The number of nitrogens with zero attached hydrogens (tertiary/aromatic N) is 5. The largest absolute Gasteiger partial charge is 0.357 e. The molecule has 0 aromatic carbocycles. The fourth-order valence-electron chi connectivity index (χ4n) is 4.99. The van der Waals surface area contributed by atoms with Crippen LogP contribution in [0.3, 0.4) is 0 Å². The highest BCUT2D eigenvalue weighted by molar-refractivity contribution is 5.77. The van der Waals surface area contributed by atoms with Crippen molar-refractivity contribution in [1.29, 1.82) is 0 Å². The monoisotopic (exact) mass is 372 g/mol. The van der Waals surface area contributed by atoms with Crippen molar-refractivity contribution < 1.29 is 4.79 Å². The van der Waals surface area contributed by atoms with Crippen LogP contribution in [0.5, 0.6) is 0 Å². The quantitative estimate of drug-likeness (QED) is 0.872. The van der Waals surface area contributed by atoms with Crippen LogP contribution in [0.25, 0.3) is 0 Å². The lowest BCUT2D eigenvalue weighted by Gasteiger charge is -2.49. The van der Waals surface area contributed by atoms with Crippen molar-refractivity contribution in [2.24, 2.45) is 5.41 Å². The van der Waals surface area contributed by atoms with E-state index in [4.69, 9.17) is 0 Å². The summed E-state index contributed by atoms with van der Waals surface area (Å²) in [5, 5.41) is 3.05. The fraction of sp³-hybridized carbons (Fsp3) is 0.750. The molecule has 3 fully saturated rings. The number of aryl methyl sites for hydroxylation is 1. The maximum Gasteiger partial charge on any atom is 0.224 e. The van der Waals surface area contributed by atoms with E-state index in [-0.39, 0.29) is 0 Å². The molecule has 0 bridgehead atoms. The second-order valence-corrected chi connectivity index (χ2v) is 8.65. The number of nitrogens with one attached hydrogen (secondary N) is 1. The van der Waals surface area contributed by atoms with Crippen LogP contribution in [-0.4, -0.2) is 78.5 Å². The predicted molar refractivity (Wildman–Crippen MR) is 107 cm³/mol. The van der Waals surface area contributed by atoms with Gasteiger partial charge in [-0.2, -0.15) is 4.98 Å². The summed E-state index contributed by atoms with van der Waals surface area (Å²) >= 11 is 0. The first kappa shape index (κ1) is 18.5. The zero-order valence-electron chi connectivity index (χ0n) is 16.9. The second-order valence-electron chi connectivity index (χ2n) is 8.65. The van der Waals surface area contributed by atoms with Crippen molar-refractivity contribution in [3.63, 3.8) is 0 Å². The number of piperidine rings is 2. The van der Waals surface area contributed by atoms with Crippen LogP contribution in [-0.2, 0) is 4.79 Å². The molecule has 1 atom stereocenters. The van der Waals surface area contributed by atoms with E-state index < -0.39 is 0 Å². The molecule has 0 unspecified atom stereocenters. The summed E-state index contributed by atoms with van der Waals surface area (Å²) in [5.74, 6) is 2.07. The minimum absolute atomic E-state index is 0.291. The number of amides is 1. The topological polar surface area (TPSA) is 64.6 Å². The molecule has 1 aromatic rings. The molecule has 27 heavy (non-hydrogen) atoms. The van der Waals surface area contributed by atoms with Gasteiger partial charge in [-0.1, -0.05) is 0 Å². The van der Waals surface area contributed by atoms with Crippen LogP contribution in [0, 0.1) is 12.3 Å². The Kier molecular flexibility index (Phi) is 4.97. The summed E-state index contributed by atoms with van der Waals surface area (Å²) in [7, 11) is 4.02. The zero-order valence-corrected chi connectivity index (χ0v) is 16.9. The Morgan fingerprint density at radius 3 is 2.63 bits per heavy atom. The summed E-state index contributed by atoms with van der Waals surface area (Å²) < 4.78 is 0. The van der Waals surface area contributed by atoms with E-state index in [1.54, 1.807) is 0 Å². The Bertz CT molecular complexity index is 700. The average Bonchev–Trinajstić information content (AvgIpc) is 3.10. The number of likely N-dealkylation sites (N-methyl/N-ethyl adjacent to an activating group) is 1. The van der Waals surface area contributed by atoms with E-state index in [9.17, 15) is 4.79 Å². The minimum Gasteiger partial charge on any atom is -0.357 e. The first-order valence-electron chi connectivity index (χ1n) is 10.2. The van der Waals surface area contributed by atoms with Gasteiger partial charge in [0.2, 0.25) is 11.9 Å². The Morgan fingerprint density at radius 2 is 1.96 bits per heavy atom. The molecule has 0 radical (unpaired) electrons. The molecule has 1 N–H and O–H groups in total. The van der Waals surface area contributed by atoms with Gasteiger partial charge in [0.15, 0.2) is 0 Å². The van der Waals surface area contributed by atoms with Gasteiger partial charge in [0, 0.05) is 57.4 Å². The minimum atomic E-state index is 0.291. The van der Waals surface area contributed by atoms with Crippen LogP contribution in [0.4, 0.5) is 11.8 Å². The lowest BCUT2D eigenvalue weighted by Crippen LogP contribution is -2.55. The number of hydrogen-bond donors (Lipinski definition) is 1. The number of carbonyl (C=O) groups is 1. The molecule has 3 aliphatic heterocycles. The van der Waals surface area contributed by atoms with Gasteiger partial charge < -0.3 is 20.0 Å². The number of likely N-dealkylation sites (tertiary alicyclic amines) is 2. The molecule has 4 rings (SSSR count). The maximum absolute atomic E-state index is 12.6. The number of rotatable bonds is 3. The molecule has 4 heterocycles. The standard InChI is InChI=1S/C20H32N6O/c1-15-12-17(23-19(21-2)22-15)25-10-7-20(8-11-25)6-4-18(27)26(14-20)16-5-9-24(3)13-16/h12,16H,4-11,13-14H2,1-3H3,(H,21,22,23)/t16-/m0/s1. The third-order valence-corrected chi connectivity index (χ3v) is 6.71. The molecular formula is C20H32N6O. The van der Waals surface area contributed by atoms with Crippen molar-refractivity contribution in [2.45, 2.75) is 45.1 Å². The van der Waals surface area contributed by atoms with E-state index in [0.29, 0.717) is 23.3 Å². The molecule has 148 valence electrons. The van der Waals surface area contributed by atoms with Gasteiger partial charge in [-0.3, -0.25) is 4.79 Å². The van der Waals surface area contributed by atoms with E-state index >= 15 is 0 Å². The van der Waals surface area contributed by atoms with E-state index in [0.717, 1.165) is 76.3 Å². The normalized spacial score (nSPS) is 26.0. The molecule has 0 aliphatic carbocycles. The molecule has 1 aromatic heterocycles. The van der Waals surface area contributed by atoms with Crippen molar-refractivity contribution in [1.82, 2.24) is 19.8 Å². The van der Waals surface area contributed by atoms with Crippen LogP contribution < -0.4 is 10.2 Å². The fourth-order valence-corrected chi connectivity index (χ4v) is 4.99. The molecule has 0 saturated carbocycles. The first-order chi connectivity index (χ1) is 13.0. The Labute approximate surface area is 162 Å². The van der Waals surface area contributed by atoms with E-state index in [1.165, 1.54) is 0 Å². The number of hydrogen-bond acceptors (Lipinski definition) is 6. The lowest BCUT2D eigenvalue weighted by atomic mass is 9.72. The maximum atomic E-state index is 12.6. The summed E-state index contributed by atoms with van der Waals surface area (Å²) in [6.45, 7) is 7.11. The SMILES string of the molecule is CNc1nc(C)cc(N2CCC3(CCC(=O)N([C@H]4CCN(C)C4)C3)CC2)n1. The van der Waals surface area contributed by atoms with Gasteiger partial charge in [0.05, 0.1) is 0 Å².